The maximum absolute atomic E-state index is 11.5. The number of hydrogen-bond donors (Lipinski definition) is 3. The standard InChI is InChI=1S/C19H17N3O4/c20-19(24)10-4-6-16-14(8-10)12-2-1-3-13(12)18(21-16)15-9-11(22(25)26)5-7-17(15)23/h1-2,4-9,12-13,18,21,23H,3H2,(H2,20,24). The van der Waals surface area contributed by atoms with Gasteiger partial charge in [-0.2, -0.15) is 0 Å². The molecule has 3 unspecified atom stereocenters. The molecule has 2 aromatic carbocycles. The van der Waals surface area contributed by atoms with E-state index in [-0.39, 0.29) is 29.3 Å². The van der Waals surface area contributed by atoms with E-state index < -0.39 is 10.8 Å². The van der Waals surface area contributed by atoms with Crippen LogP contribution >= 0.6 is 0 Å². The van der Waals surface area contributed by atoms with E-state index in [9.17, 15) is 20.0 Å². The molecular weight excluding hydrogens is 334 g/mol. The summed E-state index contributed by atoms with van der Waals surface area (Å²) in [6.45, 7) is 0. The van der Waals surface area contributed by atoms with Gasteiger partial charge in [-0.25, -0.2) is 0 Å². The molecule has 0 saturated heterocycles. The van der Waals surface area contributed by atoms with Crippen molar-refractivity contribution >= 4 is 17.3 Å². The Morgan fingerprint density at radius 1 is 1.23 bits per heavy atom. The lowest BCUT2D eigenvalue weighted by molar-refractivity contribution is -0.385. The van der Waals surface area contributed by atoms with Gasteiger partial charge in [-0.05, 0) is 42.2 Å². The summed E-state index contributed by atoms with van der Waals surface area (Å²) in [5.41, 5.74) is 8.09. The number of anilines is 1. The smallest absolute Gasteiger partial charge is 0.270 e. The van der Waals surface area contributed by atoms with Crippen molar-refractivity contribution in [1.29, 1.82) is 0 Å². The first-order chi connectivity index (χ1) is 12.5. The van der Waals surface area contributed by atoms with E-state index in [4.69, 9.17) is 5.73 Å². The Morgan fingerprint density at radius 2 is 2.04 bits per heavy atom. The summed E-state index contributed by atoms with van der Waals surface area (Å²) in [6, 6.07) is 9.03. The molecule has 26 heavy (non-hydrogen) atoms. The average molecular weight is 351 g/mol. The predicted octanol–water partition coefficient (Wildman–Crippen LogP) is 3.23. The second kappa shape index (κ2) is 5.87. The Hall–Kier alpha value is -3.35. The van der Waals surface area contributed by atoms with Gasteiger partial charge in [0, 0.05) is 34.9 Å². The predicted molar refractivity (Wildman–Crippen MR) is 96.1 cm³/mol. The van der Waals surface area contributed by atoms with Gasteiger partial charge in [-0.1, -0.05) is 12.2 Å². The molecule has 1 heterocycles. The Morgan fingerprint density at radius 3 is 2.77 bits per heavy atom. The number of amides is 1. The Kier molecular flexibility index (Phi) is 3.64. The molecule has 0 bridgehead atoms. The minimum atomic E-state index is -0.482. The number of phenols is 1. The molecule has 0 saturated carbocycles. The second-order valence-electron chi connectivity index (χ2n) is 6.64. The molecular formula is C19H17N3O4. The van der Waals surface area contributed by atoms with Crippen LogP contribution in [0, 0.1) is 16.0 Å². The molecule has 7 heteroatoms. The highest BCUT2D eigenvalue weighted by molar-refractivity contribution is 5.93. The van der Waals surface area contributed by atoms with Crippen molar-refractivity contribution in [3.63, 3.8) is 0 Å². The van der Waals surface area contributed by atoms with E-state index in [0.717, 1.165) is 17.7 Å². The number of nitrogens with zero attached hydrogens (tertiary/aromatic N) is 1. The average Bonchev–Trinajstić information content (AvgIpc) is 3.11. The molecule has 4 N–H and O–H groups in total. The van der Waals surface area contributed by atoms with Gasteiger partial charge in [0.2, 0.25) is 5.91 Å². The Bertz CT molecular complexity index is 954. The lowest BCUT2D eigenvalue weighted by Crippen LogP contribution is -2.29. The number of benzene rings is 2. The molecule has 0 fully saturated rings. The molecule has 0 spiro atoms. The summed E-state index contributed by atoms with van der Waals surface area (Å²) in [5.74, 6) is -0.325. The van der Waals surface area contributed by atoms with Gasteiger partial charge in [0.05, 0.1) is 11.0 Å². The highest BCUT2D eigenvalue weighted by Crippen LogP contribution is 2.51. The van der Waals surface area contributed by atoms with Crippen molar-refractivity contribution in [3.8, 4) is 5.75 Å². The molecule has 2 aromatic rings. The third kappa shape index (κ3) is 2.48. The summed E-state index contributed by atoms with van der Waals surface area (Å²) < 4.78 is 0. The van der Waals surface area contributed by atoms with E-state index in [2.05, 4.69) is 17.5 Å². The maximum Gasteiger partial charge on any atom is 0.270 e. The molecule has 1 aliphatic carbocycles. The molecule has 3 atom stereocenters. The molecule has 1 amide bonds. The van der Waals surface area contributed by atoms with Crippen molar-refractivity contribution in [3.05, 3.63) is 75.4 Å². The number of hydrogen-bond acceptors (Lipinski definition) is 5. The fourth-order valence-corrected chi connectivity index (χ4v) is 3.96. The second-order valence-corrected chi connectivity index (χ2v) is 6.64. The lowest BCUT2D eigenvalue weighted by Gasteiger charge is -2.37. The van der Waals surface area contributed by atoms with Crippen molar-refractivity contribution in [2.45, 2.75) is 18.4 Å². The quantitative estimate of drug-likeness (QED) is 0.446. The van der Waals surface area contributed by atoms with Gasteiger partial charge in [-0.15, -0.1) is 0 Å². The first-order valence-electron chi connectivity index (χ1n) is 8.30. The number of carbonyl (C=O) groups excluding carboxylic acids is 1. The number of nitro groups is 1. The number of rotatable bonds is 3. The van der Waals surface area contributed by atoms with Crippen LogP contribution in [0.2, 0.25) is 0 Å². The lowest BCUT2D eigenvalue weighted by atomic mass is 9.76. The number of carbonyl (C=O) groups is 1. The van der Waals surface area contributed by atoms with Gasteiger partial charge in [-0.3, -0.25) is 14.9 Å². The number of non-ortho nitro benzene ring substituents is 1. The zero-order valence-corrected chi connectivity index (χ0v) is 13.8. The van der Waals surface area contributed by atoms with Crippen LogP contribution in [0.3, 0.4) is 0 Å². The Balaban J connectivity index is 1.80. The summed E-state index contributed by atoms with van der Waals surface area (Å²) in [6.07, 6.45) is 4.91. The molecule has 1 aliphatic heterocycles. The number of nitrogens with one attached hydrogen (secondary N) is 1. The summed E-state index contributed by atoms with van der Waals surface area (Å²) in [4.78, 5) is 22.2. The van der Waals surface area contributed by atoms with Crippen LogP contribution in [-0.2, 0) is 0 Å². The molecule has 0 aromatic heterocycles. The third-order valence-corrected chi connectivity index (χ3v) is 5.20. The number of fused-ring (bicyclic) bond motifs is 3. The molecule has 4 rings (SSSR count). The summed E-state index contributed by atoms with van der Waals surface area (Å²) in [5, 5.41) is 24.8. The van der Waals surface area contributed by atoms with Crippen LogP contribution in [0.15, 0.2) is 48.6 Å². The van der Waals surface area contributed by atoms with Gasteiger partial charge >= 0.3 is 0 Å². The SMILES string of the molecule is NC(=O)c1ccc2c(c1)C1C=CCC1C(c1cc([N+](=O)[O-])ccc1O)N2. The van der Waals surface area contributed by atoms with Crippen LogP contribution in [0.5, 0.6) is 5.75 Å². The number of primary amides is 1. The minimum absolute atomic E-state index is 0.0240. The molecule has 7 nitrogen and oxygen atoms in total. The van der Waals surface area contributed by atoms with Crippen LogP contribution in [0.1, 0.15) is 39.9 Å². The van der Waals surface area contributed by atoms with Gasteiger partial charge in [0.1, 0.15) is 5.75 Å². The van der Waals surface area contributed by atoms with E-state index >= 15 is 0 Å². The van der Waals surface area contributed by atoms with E-state index in [1.165, 1.54) is 18.2 Å². The van der Waals surface area contributed by atoms with Crippen LogP contribution in [0.4, 0.5) is 11.4 Å². The fourth-order valence-electron chi connectivity index (χ4n) is 3.96. The number of nitrogens with two attached hydrogens (primary N) is 1. The monoisotopic (exact) mass is 351 g/mol. The molecule has 132 valence electrons. The topological polar surface area (TPSA) is 118 Å². The molecule has 0 radical (unpaired) electrons. The van der Waals surface area contributed by atoms with Crippen LogP contribution in [-0.4, -0.2) is 15.9 Å². The number of phenolic OH excluding ortho intramolecular Hbond substituents is 1. The summed E-state index contributed by atoms with van der Waals surface area (Å²) >= 11 is 0. The third-order valence-electron chi connectivity index (χ3n) is 5.20. The maximum atomic E-state index is 11.5. The zero-order chi connectivity index (χ0) is 18.4. The van der Waals surface area contributed by atoms with Crippen LogP contribution < -0.4 is 11.1 Å². The zero-order valence-electron chi connectivity index (χ0n) is 13.8. The van der Waals surface area contributed by atoms with E-state index in [1.807, 2.05) is 0 Å². The van der Waals surface area contributed by atoms with Gasteiger partial charge in [0.25, 0.3) is 5.69 Å². The van der Waals surface area contributed by atoms with E-state index in [0.29, 0.717) is 11.1 Å². The summed E-state index contributed by atoms with van der Waals surface area (Å²) in [7, 11) is 0. The largest absolute Gasteiger partial charge is 0.508 e. The Labute approximate surface area is 149 Å². The van der Waals surface area contributed by atoms with Crippen molar-refractivity contribution in [1.82, 2.24) is 0 Å². The first-order valence-corrected chi connectivity index (χ1v) is 8.30. The minimum Gasteiger partial charge on any atom is -0.508 e. The fraction of sp³-hybridized carbons (Fsp3) is 0.211. The first kappa shape index (κ1) is 16.1. The highest BCUT2D eigenvalue weighted by atomic mass is 16.6. The normalized spacial score (nSPS) is 23.0. The van der Waals surface area contributed by atoms with Crippen molar-refractivity contribution in [2.24, 2.45) is 11.7 Å². The highest BCUT2D eigenvalue weighted by Gasteiger charge is 2.39. The van der Waals surface area contributed by atoms with Crippen LogP contribution in [0.25, 0.3) is 0 Å². The van der Waals surface area contributed by atoms with Crippen molar-refractivity contribution in [2.75, 3.05) is 5.32 Å². The number of nitro benzene ring substituents is 1. The van der Waals surface area contributed by atoms with E-state index in [1.54, 1.807) is 18.2 Å². The number of aromatic hydroxyl groups is 1. The van der Waals surface area contributed by atoms with Gasteiger partial charge < -0.3 is 16.2 Å². The van der Waals surface area contributed by atoms with Gasteiger partial charge in [0.15, 0.2) is 0 Å². The number of allylic oxidation sites excluding steroid dienone is 2. The molecule has 2 aliphatic rings. The van der Waals surface area contributed by atoms with Crippen molar-refractivity contribution < 1.29 is 14.8 Å².